The van der Waals surface area contributed by atoms with Crippen LogP contribution in [0.15, 0.2) is 34.5 Å². The van der Waals surface area contributed by atoms with Crippen molar-refractivity contribution in [2.45, 2.75) is 23.2 Å². The quantitative estimate of drug-likeness (QED) is 0.790. The summed E-state index contributed by atoms with van der Waals surface area (Å²) in [4.78, 5) is 14.1. The fourth-order valence-corrected chi connectivity index (χ4v) is 5.79. The standard InChI is InChI=1S/C16H13Cl2N3O3S2/c17-12-7-14(25-15(12)18)26(23,24)20-13-4-5-21(16(13)22)9-11-3-1-2-10(6-11)8-19/h1-3,6-7,13,20H,4-5,9H2/t13-/m0/s1. The second-order valence-corrected chi connectivity index (χ2v) is 9.72. The van der Waals surface area contributed by atoms with Gasteiger partial charge in [-0.3, -0.25) is 4.79 Å². The van der Waals surface area contributed by atoms with Crippen LogP contribution < -0.4 is 4.72 Å². The lowest BCUT2D eigenvalue weighted by Gasteiger charge is -2.17. The van der Waals surface area contributed by atoms with Crippen LogP contribution in [0.25, 0.3) is 0 Å². The number of amides is 1. The number of hydrogen-bond donors (Lipinski definition) is 1. The summed E-state index contributed by atoms with van der Waals surface area (Å²) in [5, 5.41) is 9.11. The van der Waals surface area contributed by atoms with Crippen LogP contribution in [0.5, 0.6) is 0 Å². The summed E-state index contributed by atoms with van der Waals surface area (Å²) in [5.41, 5.74) is 1.33. The fourth-order valence-electron chi connectivity index (χ4n) is 2.67. The number of carbonyl (C=O) groups is 1. The number of sulfonamides is 1. The van der Waals surface area contributed by atoms with Crippen molar-refractivity contribution in [2.75, 3.05) is 6.54 Å². The van der Waals surface area contributed by atoms with Crippen LogP contribution in [-0.4, -0.2) is 31.8 Å². The van der Waals surface area contributed by atoms with Crippen molar-refractivity contribution >= 4 is 50.5 Å². The first kappa shape index (κ1) is 19.1. The molecule has 26 heavy (non-hydrogen) atoms. The second kappa shape index (κ2) is 7.55. The molecule has 3 rings (SSSR count). The van der Waals surface area contributed by atoms with Gasteiger partial charge in [-0.05, 0) is 30.2 Å². The van der Waals surface area contributed by atoms with Gasteiger partial charge in [0.05, 0.1) is 16.7 Å². The minimum atomic E-state index is -3.88. The van der Waals surface area contributed by atoms with E-state index >= 15 is 0 Å². The topological polar surface area (TPSA) is 90.3 Å². The van der Waals surface area contributed by atoms with Crippen molar-refractivity contribution in [3.05, 3.63) is 50.8 Å². The Hall–Kier alpha value is -1.63. The summed E-state index contributed by atoms with van der Waals surface area (Å²) in [5.74, 6) is -0.301. The van der Waals surface area contributed by atoms with Gasteiger partial charge in [-0.15, -0.1) is 11.3 Å². The van der Waals surface area contributed by atoms with Crippen molar-refractivity contribution in [2.24, 2.45) is 0 Å². The normalized spacial score (nSPS) is 17.5. The number of nitriles is 1. The van der Waals surface area contributed by atoms with E-state index < -0.39 is 16.1 Å². The minimum Gasteiger partial charge on any atom is -0.337 e. The zero-order valence-corrected chi connectivity index (χ0v) is 16.4. The van der Waals surface area contributed by atoms with Gasteiger partial charge in [0.25, 0.3) is 10.0 Å². The summed E-state index contributed by atoms with van der Waals surface area (Å²) in [7, 11) is -3.88. The third kappa shape index (κ3) is 4.03. The third-order valence-corrected chi connectivity index (χ3v) is 7.72. The van der Waals surface area contributed by atoms with E-state index in [1.54, 1.807) is 23.1 Å². The molecule has 1 amide bonds. The van der Waals surface area contributed by atoms with Crippen molar-refractivity contribution in [3.8, 4) is 6.07 Å². The number of nitrogens with zero attached hydrogens (tertiary/aromatic N) is 2. The lowest BCUT2D eigenvalue weighted by molar-refractivity contribution is -0.129. The minimum absolute atomic E-state index is 0.0273. The lowest BCUT2D eigenvalue weighted by Crippen LogP contribution is -2.41. The molecule has 0 unspecified atom stereocenters. The van der Waals surface area contributed by atoms with E-state index in [0.29, 0.717) is 25.1 Å². The molecule has 0 aliphatic carbocycles. The van der Waals surface area contributed by atoms with E-state index in [0.717, 1.165) is 16.9 Å². The average Bonchev–Trinajstić information content (AvgIpc) is 3.12. The molecule has 1 aromatic heterocycles. The molecular weight excluding hydrogens is 417 g/mol. The van der Waals surface area contributed by atoms with Gasteiger partial charge in [0, 0.05) is 13.1 Å². The van der Waals surface area contributed by atoms with E-state index in [9.17, 15) is 13.2 Å². The van der Waals surface area contributed by atoms with Crippen LogP contribution in [0.2, 0.25) is 9.36 Å². The first-order valence-electron chi connectivity index (χ1n) is 7.55. The number of nitrogens with one attached hydrogen (secondary N) is 1. The smallest absolute Gasteiger partial charge is 0.250 e. The molecule has 1 saturated heterocycles. The highest BCUT2D eigenvalue weighted by molar-refractivity contribution is 7.91. The maximum Gasteiger partial charge on any atom is 0.250 e. The maximum atomic E-state index is 12.5. The summed E-state index contributed by atoms with van der Waals surface area (Å²) < 4.78 is 27.4. The van der Waals surface area contributed by atoms with Crippen LogP contribution in [0.3, 0.4) is 0 Å². The Balaban J connectivity index is 1.70. The van der Waals surface area contributed by atoms with E-state index in [1.807, 2.05) is 6.07 Å². The van der Waals surface area contributed by atoms with Crippen LogP contribution in [0.1, 0.15) is 17.5 Å². The van der Waals surface area contributed by atoms with Gasteiger partial charge in [0.2, 0.25) is 5.91 Å². The number of halogens is 2. The van der Waals surface area contributed by atoms with Crippen molar-refractivity contribution in [3.63, 3.8) is 0 Å². The van der Waals surface area contributed by atoms with E-state index in [-0.39, 0.29) is 19.5 Å². The Morgan fingerprint density at radius 3 is 2.77 bits per heavy atom. The van der Waals surface area contributed by atoms with Crippen LogP contribution in [0.4, 0.5) is 0 Å². The first-order valence-corrected chi connectivity index (χ1v) is 10.6. The second-order valence-electron chi connectivity index (χ2n) is 5.72. The lowest BCUT2D eigenvalue weighted by atomic mass is 10.1. The van der Waals surface area contributed by atoms with Gasteiger partial charge in [-0.2, -0.15) is 9.98 Å². The monoisotopic (exact) mass is 429 g/mol. The van der Waals surface area contributed by atoms with E-state index in [2.05, 4.69) is 10.8 Å². The van der Waals surface area contributed by atoms with Crippen LogP contribution in [0, 0.1) is 11.3 Å². The van der Waals surface area contributed by atoms with Gasteiger partial charge in [-0.25, -0.2) is 8.42 Å². The Labute approximate surface area is 165 Å². The highest BCUT2D eigenvalue weighted by Gasteiger charge is 2.35. The molecular formula is C16H13Cl2N3O3S2. The zero-order valence-electron chi connectivity index (χ0n) is 13.3. The van der Waals surface area contributed by atoms with Gasteiger partial charge in [0.15, 0.2) is 0 Å². The number of thiophene rings is 1. The molecule has 0 radical (unpaired) electrons. The summed E-state index contributed by atoms with van der Waals surface area (Å²) in [6.07, 6.45) is 0.364. The van der Waals surface area contributed by atoms with Gasteiger partial charge in [0.1, 0.15) is 14.6 Å². The highest BCUT2D eigenvalue weighted by atomic mass is 35.5. The Morgan fingerprint density at radius 1 is 1.35 bits per heavy atom. The molecule has 1 aromatic carbocycles. The Kier molecular flexibility index (Phi) is 5.55. The number of hydrogen-bond acceptors (Lipinski definition) is 5. The molecule has 1 atom stereocenters. The van der Waals surface area contributed by atoms with Crippen molar-refractivity contribution < 1.29 is 13.2 Å². The Bertz CT molecular complexity index is 979. The van der Waals surface area contributed by atoms with Crippen molar-refractivity contribution in [1.82, 2.24) is 9.62 Å². The average molecular weight is 430 g/mol. The predicted molar refractivity (Wildman–Crippen MR) is 99.6 cm³/mol. The van der Waals surface area contributed by atoms with Gasteiger partial charge < -0.3 is 4.90 Å². The fraction of sp³-hybridized carbons (Fsp3) is 0.250. The zero-order chi connectivity index (χ0) is 18.9. The van der Waals surface area contributed by atoms with Gasteiger partial charge in [-0.1, -0.05) is 35.3 Å². The van der Waals surface area contributed by atoms with Gasteiger partial charge >= 0.3 is 0 Å². The summed E-state index contributed by atoms with van der Waals surface area (Å²) in [6.45, 7) is 0.748. The number of benzene rings is 1. The van der Waals surface area contributed by atoms with Crippen LogP contribution in [-0.2, 0) is 21.4 Å². The SMILES string of the molecule is N#Cc1cccc(CN2CC[C@H](NS(=O)(=O)c3cc(Cl)c(Cl)s3)C2=O)c1. The number of likely N-dealkylation sites (tertiary alicyclic amines) is 1. The molecule has 1 aliphatic rings. The largest absolute Gasteiger partial charge is 0.337 e. The molecule has 6 nitrogen and oxygen atoms in total. The summed E-state index contributed by atoms with van der Waals surface area (Å²) >= 11 is 12.5. The van der Waals surface area contributed by atoms with E-state index in [4.69, 9.17) is 28.5 Å². The molecule has 1 aliphatic heterocycles. The molecule has 2 heterocycles. The molecule has 1 fully saturated rings. The highest BCUT2D eigenvalue weighted by Crippen LogP contribution is 2.34. The molecule has 10 heteroatoms. The maximum absolute atomic E-state index is 12.5. The van der Waals surface area contributed by atoms with Crippen molar-refractivity contribution in [1.29, 1.82) is 5.26 Å². The molecule has 0 saturated carbocycles. The number of rotatable bonds is 5. The predicted octanol–water partition coefficient (Wildman–Crippen LogP) is 3.01. The third-order valence-electron chi connectivity index (χ3n) is 3.91. The number of carbonyl (C=O) groups excluding carboxylic acids is 1. The summed E-state index contributed by atoms with van der Waals surface area (Å²) in [6, 6.07) is 9.45. The molecule has 0 bridgehead atoms. The van der Waals surface area contributed by atoms with Crippen LogP contribution >= 0.6 is 34.5 Å². The Morgan fingerprint density at radius 2 is 2.12 bits per heavy atom. The molecule has 0 spiro atoms. The molecule has 136 valence electrons. The molecule has 2 aromatic rings. The molecule has 1 N–H and O–H groups in total. The van der Waals surface area contributed by atoms with E-state index in [1.165, 1.54) is 6.07 Å². The first-order chi connectivity index (χ1) is 12.3.